The van der Waals surface area contributed by atoms with Crippen LogP contribution in [-0.2, 0) is 0 Å². The molecule has 0 aromatic heterocycles. The van der Waals surface area contributed by atoms with Crippen molar-refractivity contribution in [3.8, 4) is 0 Å². The average molecular weight is 511 g/mol. The van der Waals surface area contributed by atoms with Gasteiger partial charge in [0.2, 0.25) is 0 Å². The maximum absolute atomic E-state index is 12.4. The monoisotopic (exact) mass is 510 g/mol. The lowest BCUT2D eigenvalue weighted by molar-refractivity contribution is -0.315. The first-order chi connectivity index (χ1) is 16.6. The predicted octanol–water partition coefficient (Wildman–Crippen LogP) is 2.14. The molecule has 0 saturated heterocycles. The Morgan fingerprint density at radius 3 is 2.31 bits per heavy atom. The second-order valence-electron chi connectivity index (χ2n) is 13.7. The summed E-state index contributed by atoms with van der Waals surface area (Å²) in [4.78, 5) is 0. The topological polar surface area (TPSA) is 142 Å². The molecular formula is C29H50O7. The fourth-order valence-electron chi connectivity index (χ4n) is 9.65. The van der Waals surface area contributed by atoms with Gasteiger partial charge >= 0.3 is 0 Å². The first kappa shape index (κ1) is 28.5. The molecule has 7 N–H and O–H groups in total. The molecule has 0 aromatic carbocycles. The van der Waals surface area contributed by atoms with Crippen LogP contribution in [0.15, 0.2) is 12.2 Å². The summed E-state index contributed by atoms with van der Waals surface area (Å²) in [6.45, 7) is 9.56. The number of hydrogen-bond donors (Lipinski definition) is 7. The Labute approximate surface area is 216 Å². The molecule has 0 spiro atoms. The first-order valence-corrected chi connectivity index (χ1v) is 14.1. The number of allylic oxidation sites excluding steroid dienone is 1. The van der Waals surface area contributed by atoms with Crippen LogP contribution in [0.5, 0.6) is 0 Å². The van der Waals surface area contributed by atoms with Crippen LogP contribution < -0.4 is 0 Å². The quantitative estimate of drug-likeness (QED) is 0.272. The molecular weight excluding hydrogens is 460 g/mol. The molecule has 208 valence electrons. The third kappa shape index (κ3) is 3.95. The lowest BCUT2D eigenvalue weighted by Crippen LogP contribution is -2.75. The number of hydrogen-bond acceptors (Lipinski definition) is 7. The highest BCUT2D eigenvalue weighted by molar-refractivity contribution is 5.24. The summed E-state index contributed by atoms with van der Waals surface area (Å²) < 4.78 is 0. The molecule has 4 fully saturated rings. The van der Waals surface area contributed by atoms with Gasteiger partial charge in [0.25, 0.3) is 0 Å². The molecule has 4 rings (SSSR count). The molecule has 4 aliphatic rings. The van der Waals surface area contributed by atoms with Crippen molar-refractivity contribution in [1.82, 2.24) is 0 Å². The molecule has 0 unspecified atom stereocenters. The van der Waals surface area contributed by atoms with Gasteiger partial charge in [0.1, 0.15) is 0 Å². The van der Waals surface area contributed by atoms with Gasteiger partial charge in [-0.05, 0) is 68.6 Å². The highest BCUT2D eigenvalue weighted by Gasteiger charge is 2.74. The predicted molar refractivity (Wildman–Crippen MR) is 137 cm³/mol. The Hall–Kier alpha value is -0.540. The van der Waals surface area contributed by atoms with Crippen LogP contribution in [0.2, 0.25) is 0 Å². The SMILES string of the molecule is CC[C@@H](/C=C/[C@@H](C)[C@H]1C[C@H](O)[C@@H]2[C@]1(C)CC[C@H]1[C@@]2(O)C[C@@H](O)[C@@]2(O)C[C@@H](O)CC[C@]12C)[C@@](C)(O)CO. The lowest BCUT2D eigenvalue weighted by Gasteiger charge is -2.68. The molecule has 7 heteroatoms. The summed E-state index contributed by atoms with van der Waals surface area (Å²) >= 11 is 0. The van der Waals surface area contributed by atoms with E-state index in [9.17, 15) is 35.7 Å². The molecule has 0 aromatic rings. The zero-order valence-corrected chi connectivity index (χ0v) is 22.8. The first-order valence-electron chi connectivity index (χ1n) is 14.1. The Morgan fingerprint density at radius 2 is 1.69 bits per heavy atom. The summed E-state index contributed by atoms with van der Waals surface area (Å²) in [6, 6.07) is 0. The van der Waals surface area contributed by atoms with E-state index >= 15 is 0 Å². The summed E-state index contributed by atoms with van der Waals surface area (Å²) in [5.74, 6) is -0.687. The molecule has 36 heavy (non-hydrogen) atoms. The maximum atomic E-state index is 12.4. The van der Waals surface area contributed by atoms with Gasteiger partial charge in [0.05, 0.1) is 41.7 Å². The van der Waals surface area contributed by atoms with Crippen LogP contribution in [0.1, 0.15) is 86.0 Å². The zero-order chi connectivity index (χ0) is 26.9. The largest absolute Gasteiger partial charge is 0.393 e. The molecule has 4 aliphatic carbocycles. The average Bonchev–Trinajstić information content (AvgIpc) is 3.07. The van der Waals surface area contributed by atoms with E-state index in [1.165, 1.54) is 0 Å². The van der Waals surface area contributed by atoms with Gasteiger partial charge in [-0.1, -0.05) is 39.8 Å². The Morgan fingerprint density at radius 1 is 1.03 bits per heavy atom. The van der Waals surface area contributed by atoms with E-state index in [4.69, 9.17) is 0 Å². The Balaban J connectivity index is 1.64. The Kier molecular flexibility index (Phi) is 7.34. The van der Waals surface area contributed by atoms with Gasteiger partial charge in [-0.2, -0.15) is 0 Å². The highest BCUT2D eigenvalue weighted by atomic mass is 16.4. The molecule has 4 saturated carbocycles. The third-order valence-corrected chi connectivity index (χ3v) is 11.8. The lowest BCUT2D eigenvalue weighted by atomic mass is 9.40. The minimum atomic E-state index is -1.45. The standard InChI is InChI=1S/C29H50O7/c1-6-18(27(5,34)16-30)8-7-17(2)20-13-21(32)24-25(20,3)11-10-22-26(4)12-9-19(31)14-29(26,36)23(33)15-28(22,24)35/h7-8,17-24,30-36H,6,9-16H2,1-5H3/b8-7+/t17-,18+,19+,20-,21+,22-,23-,24-,25-,26-,27+,28+,29+/m1/s1. The molecule has 0 aliphatic heterocycles. The number of aliphatic hydroxyl groups excluding tert-OH is 4. The second-order valence-corrected chi connectivity index (χ2v) is 13.7. The van der Waals surface area contributed by atoms with Crippen molar-refractivity contribution < 1.29 is 35.7 Å². The minimum Gasteiger partial charge on any atom is -0.393 e. The van der Waals surface area contributed by atoms with Gasteiger partial charge in [-0.3, -0.25) is 0 Å². The van der Waals surface area contributed by atoms with Crippen LogP contribution in [0.3, 0.4) is 0 Å². The van der Waals surface area contributed by atoms with Gasteiger partial charge in [0, 0.05) is 30.1 Å². The van der Waals surface area contributed by atoms with Gasteiger partial charge in [-0.15, -0.1) is 0 Å². The fraction of sp³-hybridized carbons (Fsp3) is 0.931. The van der Waals surface area contributed by atoms with E-state index in [1.807, 2.05) is 19.9 Å². The summed E-state index contributed by atoms with van der Waals surface area (Å²) in [6.07, 6.45) is 5.45. The van der Waals surface area contributed by atoms with Gasteiger partial charge in [0.15, 0.2) is 0 Å². The molecule has 0 amide bonds. The van der Waals surface area contributed by atoms with E-state index in [0.29, 0.717) is 32.1 Å². The fourth-order valence-corrected chi connectivity index (χ4v) is 9.65. The molecule has 0 radical (unpaired) electrons. The van der Waals surface area contributed by atoms with Crippen LogP contribution in [-0.4, -0.2) is 77.5 Å². The normalized spacial score (nSPS) is 52.2. The van der Waals surface area contributed by atoms with Crippen molar-refractivity contribution in [2.75, 3.05) is 6.61 Å². The second kappa shape index (κ2) is 9.29. The molecule has 0 bridgehead atoms. The van der Waals surface area contributed by atoms with Crippen molar-refractivity contribution in [3.05, 3.63) is 12.2 Å². The zero-order valence-electron chi connectivity index (χ0n) is 22.8. The minimum absolute atomic E-state index is 0.00199. The van der Waals surface area contributed by atoms with Crippen LogP contribution >= 0.6 is 0 Å². The van der Waals surface area contributed by atoms with E-state index < -0.39 is 46.4 Å². The Bertz CT molecular complexity index is 845. The number of aliphatic hydroxyl groups is 7. The smallest absolute Gasteiger partial charge is 0.0987 e. The van der Waals surface area contributed by atoms with Crippen molar-refractivity contribution >= 4 is 0 Å². The third-order valence-electron chi connectivity index (χ3n) is 11.8. The van der Waals surface area contributed by atoms with E-state index in [0.717, 1.165) is 6.42 Å². The van der Waals surface area contributed by atoms with Crippen LogP contribution in [0.4, 0.5) is 0 Å². The van der Waals surface area contributed by atoms with Gasteiger partial charge in [-0.25, -0.2) is 0 Å². The van der Waals surface area contributed by atoms with Crippen LogP contribution in [0.25, 0.3) is 0 Å². The van der Waals surface area contributed by atoms with E-state index in [-0.39, 0.29) is 48.5 Å². The summed E-state index contributed by atoms with van der Waals surface area (Å²) in [5, 5.41) is 77.1. The van der Waals surface area contributed by atoms with Crippen molar-refractivity contribution in [1.29, 1.82) is 0 Å². The summed E-state index contributed by atoms with van der Waals surface area (Å²) in [5.41, 5.74) is -5.05. The number of rotatable bonds is 6. The molecule has 7 nitrogen and oxygen atoms in total. The number of fused-ring (bicyclic) bond motifs is 5. The van der Waals surface area contributed by atoms with Gasteiger partial charge < -0.3 is 35.7 Å². The highest BCUT2D eigenvalue weighted by Crippen LogP contribution is 2.70. The summed E-state index contributed by atoms with van der Waals surface area (Å²) in [7, 11) is 0. The molecule has 0 heterocycles. The van der Waals surface area contributed by atoms with Crippen molar-refractivity contribution in [2.24, 2.45) is 40.4 Å². The van der Waals surface area contributed by atoms with E-state index in [2.05, 4.69) is 19.9 Å². The van der Waals surface area contributed by atoms with Crippen LogP contribution in [0, 0.1) is 40.4 Å². The van der Waals surface area contributed by atoms with Crippen molar-refractivity contribution in [3.63, 3.8) is 0 Å². The maximum Gasteiger partial charge on any atom is 0.0987 e. The van der Waals surface area contributed by atoms with E-state index in [1.54, 1.807) is 6.92 Å². The molecule has 13 atom stereocenters. The van der Waals surface area contributed by atoms with Crippen molar-refractivity contribution in [2.45, 2.75) is 121 Å².